The summed E-state index contributed by atoms with van der Waals surface area (Å²) in [6, 6.07) is 17.0. The van der Waals surface area contributed by atoms with Gasteiger partial charge in [-0.1, -0.05) is 41.9 Å². The Labute approximate surface area is 210 Å². The first-order valence-electron chi connectivity index (χ1n) is 10.8. The molecule has 0 aliphatic rings. The van der Waals surface area contributed by atoms with Crippen LogP contribution in [0.15, 0.2) is 71.6 Å². The summed E-state index contributed by atoms with van der Waals surface area (Å²) in [5, 5.41) is 3.04. The molecule has 10 heteroatoms. The summed E-state index contributed by atoms with van der Waals surface area (Å²) in [5.41, 5.74) is 1.07. The van der Waals surface area contributed by atoms with Crippen molar-refractivity contribution in [3.05, 3.63) is 77.3 Å². The van der Waals surface area contributed by atoms with E-state index in [9.17, 15) is 13.2 Å². The summed E-state index contributed by atoms with van der Waals surface area (Å²) in [6.07, 6.45) is 0.121. The number of carbonyl (C=O) groups excluding carboxylic acids is 1. The third-order valence-electron chi connectivity index (χ3n) is 5.07. The number of hydrogen-bond donors (Lipinski definition) is 2. The maximum Gasteiger partial charge on any atom is 0.243 e. The molecule has 1 amide bonds. The zero-order chi connectivity index (χ0) is 25.4. The Balaban J connectivity index is 1.90. The maximum absolute atomic E-state index is 13.3. The third-order valence-corrected chi connectivity index (χ3v) is 6.86. The lowest BCUT2D eigenvalue weighted by Crippen LogP contribution is -2.45. The van der Waals surface area contributed by atoms with E-state index in [2.05, 4.69) is 10.0 Å². The van der Waals surface area contributed by atoms with Crippen LogP contribution in [-0.4, -0.2) is 41.2 Å². The molecule has 3 aromatic rings. The summed E-state index contributed by atoms with van der Waals surface area (Å²) in [5.74, 6) is 0.606. The predicted molar refractivity (Wildman–Crippen MR) is 135 cm³/mol. The molecule has 1 atom stereocenters. The first-order chi connectivity index (χ1) is 16.8. The van der Waals surface area contributed by atoms with E-state index in [0.29, 0.717) is 28.9 Å². The number of benzene rings is 3. The summed E-state index contributed by atoms with van der Waals surface area (Å²) < 4.78 is 44.7. The molecule has 0 radical (unpaired) electrons. The first-order valence-corrected chi connectivity index (χ1v) is 12.6. The lowest BCUT2D eigenvalue weighted by atomic mass is 10.1. The molecule has 0 heterocycles. The molecule has 1 unspecified atom stereocenters. The van der Waals surface area contributed by atoms with Gasteiger partial charge in [-0.15, -0.1) is 0 Å². The number of halogens is 1. The number of sulfonamides is 1. The van der Waals surface area contributed by atoms with E-state index in [-0.39, 0.29) is 17.0 Å². The van der Waals surface area contributed by atoms with Crippen molar-refractivity contribution in [1.82, 2.24) is 4.72 Å². The molecule has 0 fully saturated rings. The molecule has 0 saturated heterocycles. The van der Waals surface area contributed by atoms with E-state index in [1.807, 2.05) is 37.3 Å². The van der Waals surface area contributed by atoms with E-state index < -0.39 is 22.0 Å². The van der Waals surface area contributed by atoms with E-state index in [1.165, 1.54) is 38.5 Å². The second-order valence-corrected chi connectivity index (χ2v) is 9.57. The van der Waals surface area contributed by atoms with Gasteiger partial charge < -0.3 is 19.5 Å². The largest absolute Gasteiger partial charge is 0.495 e. The lowest BCUT2D eigenvalue weighted by molar-refractivity contribution is -0.117. The lowest BCUT2D eigenvalue weighted by Gasteiger charge is -2.20. The van der Waals surface area contributed by atoms with Gasteiger partial charge in [0.2, 0.25) is 15.9 Å². The molecule has 0 aliphatic heterocycles. The molecule has 0 bridgehead atoms. The van der Waals surface area contributed by atoms with Crippen LogP contribution in [0.25, 0.3) is 0 Å². The fraction of sp³-hybridized carbons (Fsp3) is 0.240. The van der Waals surface area contributed by atoms with Gasteiger partial charge in [-0.2, -0.15) is 4.72 Å². The molecule has 0 spiro atoms. The minimum Gasteiger partial charge on any atom is -0.495 e. The number of hydrogen-bond acceptors (Lipinski definition) is 6. The Morgan fingerprint density at radius 3 is 2.23 bits per heavy atom. The van der Waals surface area contributed by atoms with Crippen LogP contribution in [0.3, 0.4) is 0 Å². The van der Waals surface area contributed by atoms with Crippen molar-refractivity contribution >= 4 is 33.2 Å². The van der Waals surface area contributed by atoms with Crippen molar-refractivity contribution in [2.45, 2.75) is 24.3 Å². The molecule has 0 saturated carbocycles. The van der Waals surface area contributed by atoms with Crippen LogP contribution in [0.1, 0.15) is 12.5 Å². The maximum atomic E-state index is 13.3. The molecular weight excluding hydrogens is 492 g/mol. The molecule has 0 aromatic heterocycles. The van der Waals surface area contributed by atoms with Crippen molar-refractivity contribution in [3.8, 4) is 17.2 Å². The molecule has 3 aromatic carbocycles. The Hall–Kier alpha value is -3.27. The van der Waals surface area contributed by atoms with Crippen LogP contribution in [0.4, 0.5) is 5.69 Å². The van der Waals surface area contributed by atoms with E-state index >= 15 is 0 Å². The predicted octanol–water partition coefficient (Wildman–Crippen LogP) is 4.28. The fourth-order valence-corrected chi connectivity index (χ4v) is 4.78. The van der Waals surface area contributed by atoms with Crippen LogP contribution in [0, 0.1) is 0 Å². The number of methoxy groups -OCH3 is 2. The average Bonchev–Trinajstić information content (AvgIpc) is 2.85. The van der Waals surface area contributed by atoms with E-state index in [1.54, 1.807) is 12.1 Å². The molecule has 2 N–H and O–H groups in total. The van der Waals surface area contributed by atoms with Crippen molar-refractivity contribution in [3.63, 3.8) is 0 Å². The van der Waals surface area contributed by atoms with Crippen molar-refractivity contribution in [1.29, 1.82) is 0 Å². The van der Waals surface area contributed by atoms with Gasteiger partial charge in [0.25, 0.3) is 0 Å². The molecule has 35 heavy (non-hydrogen) atoms. The van der Waals surface area contributed by atoms with Crippen LogP contribution in [0.5, 0.6) is 17.2 Å². The number of anilines is 1. The van der Waals surface area contributed by atoms with Crippen molar-refractivity contribution in [2.24, 2.45) is 0 Å². The topological polar surface area (TPSA) is 103 Å². The monoisotopic (exact) mass is 518 g/mol. The van der Waals surface area contributed by atoms with Gasteiger partial charge in [-0.05, 0) is 43.2 Å². The highest BCUT2D eigenvalue weighted by Gasteiger charge is 2.27. The quantitative estimate of drug-likeness (QED) is 0.392. The number of rotatable bonds is 11. The molecule has 186 valence electrons. The van der Waals surface area contributed by atoms with Gasteiger partial charge in [0, 0.05) is 12.1 Å². The van der Waals surface area contributed by atoms with Gasteiger partial charge >= 0.3 is 0 Å². The summed E-state index contributed by atoms with van der Waals surface area (Å²) in [6.45, 7) is 2.30. The zero-order valence-corrected chi connectivity index (χ0v) is 21.2. The first kappa shape index (κ1) is 26.3. The van der Waals surface area contributed by atoms with Gasteiger partial charge in [-0.3, -0.25) is 4.79 Å². The SMILES string of the molecule is CCOc1ccc(S(=O)(=O)NC(Cc2ccccc2)C(=O)Nc2cc(OC)c(Cl)cc2OC)cc1. The van der Waals surface area contributed by atoms with Gasteiger partial charge in [0.15, 0.2) is 0 Å². The summed E-state index contributed by atoms with van der Waals surface area (Å²) in [4.78, 5) is 13.3. The van der Waals surface area contributed by atoms with Crippen molar-refractivity contribution < 1.29 is 27.4 Å². The van der Waals surface area contributed by atoms with Gasteiger partial charge in [0.05, 0.1) is 36.4 Å². The van der Waals surface area contributed by atoms with Gasteiger partial charge in [-0.25, -0.2) is 8.42 Å². The highest BCUT2D eigenvalue weighted by atomic mass is 35.5. The highest BCUT2D eigenvalue weighted by molar-refractivity contribution is 7.89. The summed E-state index contributed by atoms with van der Waals surface area (Å²) in [7, 11) is -1.15. The Bertz CT molecular complexity index is 1250. The van der Waals surface area contributed by atoms with E-state index in [4.69, 9.17) is 25.8 Å². The van der Waals surface area contributed by atoms with Gasteiger partial charge in [0.1, 0.15) is 23.3 Å². The van der Waals surface area contributed by atoms with Crippen LogP contribution in [0.2, 0.25) is 5.02 Å². The Morgan fingerprint density at radius 1 is 0.971 bits per heavy atom. The van der Waals surface area contributed by atoms with E-state index in [0.717, 1.165) is 5.56 Å². The van der Waals surface area contributed by atoms with Crippen LogP contribution >= 0.6 is 11.6 Å². The molecular formula is C25H27ClN2O6S. The third kappa shape index (κ3) is 6.88. The number of nitrogens with one attached hydrogen (secondary N) is 2. The second-order valence-electron chi connectivity index (χ2n) is 7.44. The van der Waals surface area contributed by atoms with Crippen LogP contribution in [-0.2, 0) is 21.2 Å². The average molecular weight is 519 g/mol. The zero-order valence-electron chi connectivity index (χ0n) is 19.6. The highest BCUT2D eigenvalue weighted by Crippen LogP contribution is 2.36. The summed E-state index contributed by atoms with van der Waals surface area (Å²) >= 11 is 6.15. The number of carbonyl (C=O) groups is 1. The minimum atomic E-state index is -4.03. The standard InChI is InChI=1S/C25H27ClN2O6S/c1-4-34-18-10-12-19(13-11-18)35(30,31)28-22(14-17-8-6-5-7-9-17)25(29)27-21-16-23(32-2)20(26)15-24(21)33-3/h5-13,15-16,22,28H,4,14H2,1-3H3,(H,27,29). The van der Waals surface area contributed by atoms with Crippen molar-refractivity contribution in [2.75, 3.05) is 26.1 Å². The molecule has 0 aliphatic carbocycles. The number of amides is 1. The normalized spacial score (nSPS) is 12.0. The van der Waals surface area contributed by atoms with Crippen LogP contribution < -0.4 is 24.2 Å². The Morgan fingerprint density at radius 2 is 1.63 bits per heavy atom. The minimum absolute atomic E-state index is 0.0116. The Kier molecular flexibility index (Phi) is 8.97. The molecule has 3 rings (SSSR count). The number of ether oxygens (including phenoxy) is 3. The fourth-order valence-electron chi connectivity index (χ4n) is 3.35. The molecule has 8 nitrogen and oxygen atoms in total. The smallest absolute Gasteiger partial charge is 0.243 e. The second kappa shape index (κ2) is 11.9.